The zero-order valence-electron chi connectivity index (χ0n) is 10.6. The Bertz CT molecular complexity index is 375. The van der Waals surface area contributed by atoms with E-state index in [1.165, 1.54) is 4.90 Å². The Labute approximate surface area is 113 Å². The third kappa shape index (κ3) is 6.32. The zero-order valence-corrected chi connectivity index (χ0v) is 11.4. The lowest BCUT2D eigenvalue weighted by Crippen LogP contribution is -2.48. The number of imide groups is 1. The molecule has 0 bridgehead atoms. The highest BCUT2D eigenvalue weighted by molar-refractivity contribution is 7.85. The number of carbonyl (C=O) groups excluding carboxylic acids is 2. The minimum absolute atomic E-state index is 0.0269. The topological polar surface area (TPSA) is 104 Å². The van der Waals surface area contributed by atoms with Gasteiger partial charge in [0.2, 0.25) is 5.91 Å². The first kappa shape index (κ1) is 15.6. The van der Waals surface area contributed by atoms with Crippen LogP contribution in [0.3, 0.4) is 0 Å². The fourth-order valence-electron chi connectivity index (χ4n) is 1.66. The van der Waals surface area contributed by atoms with Crippen molar-refractivity contribution >= 4 is 28.7 Å². The van der Waals surface area contributed by atoms with Crippen LogP contribution in [0.25, 0.3) is 0 Å². The Kier molecular flexibility index (Phi) is 6.48. The number of carboxylic acids is 1. The molecular weight excluding hydrogens is 272 g/mol. The molecule has 1 saturated heterocycles. The van der Waals surface area contributed by atoms with E-state index in [-0.39, 0.29) is 12.8 Å². The van der Waals surface area contributed by atoms with Gasteiger partial charge in [-0.25, -0.2) is 4.79 Å². The number of urea groups is 1. The standard InChI is InChI=1S/C11H18N2O5S/c14-9(3-1-2-4-10(15)16)12-11(17)13-5-7-19(18)8-6-13/h1-8H2,(H,15,16)(H,12,14,17). The first-order chi connectivity index (χ1) is 8.99. The van der Waals surface area contributed by atoms with E-state index in [2.05, 4.69) is 5.32 Å². The van der Waals surface area contributed by atoms with Crippen molar-refractivity contribution in [2.24, 2.45) is 0 Å². The molecule has 0 saturated carbocycles. The van der Waals surface area contributed by atoms with E-state index < -0.39 is 28.7 Å². The molecule has 0 aromatic heterocycles. The van der Waals surface area contributed by atoms with Crippen molar-refractivity contribution in [1.82, 2.24) is 10.2 Å². The molecule has 19 heavy (non-hydrogen) atoms. The third-order valence-corrected chi connectivity index (χ3v) is 4.03. The first-order valence-corrected chi connectivity index (χ1v) is 7.63. The average molecular weight is 290 g/mol. The van der Waals surface area contributed by atoms with Gasteiger partial charge in [-0.05, 0) is 12.8 Å². The van der Waals surface area contributed by atoms with E-state index in [4.69, 9.17) is 5.11 Å². The summed E-state index contributed by atoms with van der Waals surface area (Å²) in [7, 11) is -0.863. The van der Waals surface area contributed by atoms with E-state index in [9.17, 15) is 18.6 Å². The number of aliphatic carboxylic acids is 1. The number of unbranched alkanes of at least 4 members (excludes halogenated alkanes) is 1. The number of carboxylic acid groups (broad SMARTS) is 1. The minimum atomic E-state index is -0.891. The van der Waals surface area contributed by atoms with Crippen LogP contribution in [0.1, 0.15) is 25.7 Å². The second kappa shape index (κ2) is 7.88. The molecule has 0 aromatic carbocycles. The summed E-state index contributed by atoms with van der Waals surface area (Å²) in [5.41, 5.74) is 0. The fraction of sp³-hybridized carbons (Fsp3) is 0.727. The van der Waals surface area contributed by atoms with Crippen LogP contribution < -0.4 is 5.32 Å². The summed E-state index contributed by atoms with van der Waals surface area (Å²) in [6.07, 6.45) is 1.02. The third-order valence-electron chi connectivity index (χ3n) is 2.76. The van der Waals surface area contributed by atoms with Crippen molar-refractivity contribution < 1.29 is 23.7 Å². The van der Waals surface area contributed by atoms with E-state index in [0.717, 1.165) is 0 Å². The summed E-state index contributed by atoms with van der Waals surface area (Å²) in [6, 6.07) is -0.458. The minimum Gasteiger partial charge on any atom is -0.481 e. The molecule has 0 unspecified atom stereocenters. The molecule has 0 radical (unpaired) electrons. The van der Waals surface area contributed by atoms with Gasteiger partial charge in [-0.15, -0.1) is 0 Å². The Morgan fingerprint density at radius 3 is 2.26 bits per heavy atom. The first-order valence-electron chi connectivity index (χ1n) is 6.14. The van der Waals surface area contributed by atoms with E-state index in [1.54, 1.807) is 0 Å². The maximum Gasteiger partial charge on any atom is 0.324 e. The van der Waals surface area contributed by atoms with Gasteiger partial charge in [0, 0.05) is 48.2 Å². The lowest BCUT2D eigenvalue weighted by atomic mass is 10.2. The van der Waals surface area contributed by atoms with Gasteiger partial charge in [0.05, 0.1) is 0 Å². The Morgan fingerprint density at radius 2 is 1.68 bits per heavy atom. The molecule has 2 N–H and O–H groups in total. The summed E-state index contributed by atoms with van der Waals surface area (Å²) in [4.78, 5) is 34.8. The summed E-state index contributed by atoms with van der Waals surface area (Å²) >= 11 is 0. The lowest BCUT2D eigenvalue weighted by Gasteiger charge is -2.26. The fourth-order valence-corrected chi connectivity index (χ4v) is 2.72. The molecule has 0 atom stereocenters. The van der Waals surface area contributed by atoms with Crippen LogP contribution in [0.5, 0.6) is 0 Å². The predicted octanol–water partition coefficient (Wildman–Crippen LogP) is -0.0681. The number of nitrogens with zero attached hydrogens (tertiary/aromatic N) is 1. The van der Waals surface area contributed by atoms with Crippen molar-refractivity contribution in [3.63, 3.8) is 0 Å². The number of nitrogens with one attached hydrogen (secondary N) is 1. The number of hydrogen-bond acceptors (Lipinski definition) is 4. The second-order valence-electron chi connectivity index (χ2n) is 4.29. The summed E-state index contributed by atoms with van der Waals surface area (Å²) in [6.45, 7) is 0.787. The van der Waals surface area contributed by atoms with E-state index in [1.807, 2.05) is 0 Å². The van der Waals surface area contributed by atoms with Gasteiger partial charge in [0.25, 0.3) is 0 Å². The Balaban J connectivity index is 2.19. The van der Waals surface area contributed by atoms with Crippen molar-refractivity contribution in [1.29, 1.82) is 0 Å². The Hall–Kier alpha value is -1.44. The number of rotatable bonds is 5. The predicted molar refractivity (Wildman–Crippen MR) is 69.1 cm³/mol. The van der Waals surface area contributed by atoms with Crippen LogP contribution in [0.2, 0.25) is 0 Å². The lowest BCUT2D eigenvalue weighted by molar-refractivity contribution is -0.137. The Morgan fingerprint density at radius 1 is 1.11 bits per heavy atom. The normalized spacial score (nSPS) is 16.1. The van der Waals surface area contributed by atoms with Gasteiger partial charge in [-0.2, -0.15) is 0 Å². The zero-order chi connectivity index (χ0) is 14.3. The van der Waals surface area contributed by atoms with Gasteiger partial charge >= 0.3 is 12.0 Å². The van der Waals surface area contributed by atoms with Crippen LogP contribution in [0.15, 0.2) is 0 Å². The molecule has 1 fully saturated rings. The molecule has 1 rings (SSSR count). The quantitative estimate of drug-likeness (QED) is 0.690. The monoisotopic (exact) mass is 290 g/mol. The molecular formula is C11H18N2O5S. The van der Waals surface area contributed by atoms with E-state index in [0.29, 0.717) is 37.4 Å². The molecule has 108 valence electrons. The maximum atomic E-state index is 11.7. The SMILES string of the molecule is O=C(O)CCCCC(=O)NC(=O)N1CCS(=O)CC1. The molecule has 1 heterocycles. The summed E-state index contributed by atoms with van der Waals surface area (Å²) in [5.74, 6) is -0.402. The molecule has 1 aliphatic heterocycles. The number of hydrogen-bond donors (Lipinski definition) is 2. The van der Waals surface area contributed by atoms with Gasteiger partial charge in [-0.3, -0.25) is 19.1 Å². The van der Waals surface area contributed by atoms with Crippen molar-refractivity contribution in [3.8, 4) is 0 Å². The highest BCUT2D eigenvalue weighted by Gasteiger charge is 2.21. The van der Waals surface area contributed by atoms with Crippen molar-refractivity contribution in [2.45, 2.75) is 25.7 Å². The van der Waals surface area contributed by atoms with Gasteiger partial charge < -0.3 is 10.0 Å². The molecule has 0 aliphatic carbocycles. The average Bonchev–Trinajstić information content (AvgIpc) is 2.35. The number of amides is 3. The largest absolute Gasteiger partial charge is 0.481 e. The van der Waals surface area contributed by atoms with Gasteiger partial charge in [-0.1, -0.05) is 0 Å². The molecule has 0 spiro atoms. The molecule has 0 aromatic rings. The molecule has 3 amide bonds. The number of carbonyl (C=O) groups is 3. The van der Waals surface area contributed by atoms with Crippen LogP contribution >= 0.6 is 0 Å². The summed E-state index contributed by atoms with van der Waals surface area (Å²) in [5, 5.41) is 10.7. The van der Waals surface area contributed by atoms with Crippen molar-refractivity contribution in [2.75, 3.05) is 24.6 Å². The molecule has 1 aliphatic rings. The van der Waals surface area contributed by atoms with Crippen LogP contribution in [0, 0.1) is 0 Å². The highest BCUT2D eigenvalue weighted by atomic mass is 32.2. The van der Waals surface area contributed by atoms with Crippen LogP contribution in [0.4, 0.5) is 4.79 Å². The van der Waals surface area contributed by atoms with Crippen LogP contribution in [-0.4, -0.2) is 56.7 Å². The second-order valence-corrected chi connectivity index (χ2v) is 5.99. The van der Waals surface area contributed by atoms with Gasteiger partial charge in [0.15, 0.2) is 0 Å². The highest BCUT2D eigenvalue weighted by Crippen LogP contribution is 2.02. The van der Waals surface area contributed by atoms with Crippen molar-refractivity contribution in [3.05, 3.63) is 0 Å². The van der Waals surface area contributed by atoms with Crippen LogP contribution in [-0.2, 0) is 20.4 Å². The smallest absolute Gasteiger partial charge is 0.324 e. The van der Waals surface area contributed by atoms with Gasteiger partial charge in [0.1, 0.15) is 0 Å². The summed E-state index contributed by atoms with van der Waals surface area (Å²) < 4.78 is 11.1. The molecule has 8 heteroatoms. The molecule has 7 nitrogen and oxygen atoms in total. The van der Waals surface area contributed by atoms with E-state index >= 15 is 0 Å². The maximum absolute atomic E-state index is 11.7.